The molecule has 1 amide bonds. The number of nitrogens with zero attached hydrogens (tertiary/aromatic N) is 3. The summed E-state index contributed by atoms with van der Waals surface area (Å²) in [7, 11) is 0. The summed E-state index contributed by atoms with van der Waals surface area (Å²) in [4.78, 5) is 24.5. The van der Waals surface area contributed by atoms with Crippen molar-refractivity contribution < 1.29 is 14.3 Å². The van der Waals surface area contributed by atoms with Crippen LogP contribution in [0.25, 0.3) is 11.4 Å². The number of halogens is 1. The number of aromatic nitrogens is 3. The molecule has 3 aromatic rings. The molecule has 1 N–H and O–H groups in total. The molecule has 1 aromatic heterocycles. The Morgan fingerprint density at radius 2 is 2.00 bits per heavy atom. The van der Waals surface area contributed by atoms with E-state index in [4.69, 9.17) is 16.3 Å². The maximum Gasteiger partial charge on any atom is 0.338 e. The van der Waals surface area contributed by atoms with E-state index in [-0.39, 0.29) is 11.7 Å². The molecule has 0 atom stereocenters. The van der Waals surface area contributed by atoms with Crippen molar-refractivity contribution in [2.45, 2.75) is 25.0 Å². The molecule has 9 heteroatoms. The molecule has 0 radical (unpaired) electrons. The first-order valence-corrected chi connectivity index (χ1v) is 11.4. The van der Waals surface area contributed by atoms with Crippen LogP contribution in [0.4, 0.5) is 5.69 Å². The third-order valence-corrected chi connectivity index (χ3v) is 5.50. The Balaban J connectivity index is 1.65. The number of carbonyl (C=O) groups excluding carboxylic acids is 2. The Morgan fingerprint density at radius 1 is 1.22 bits per heavy atom. The Kier molecular flexibility index (Phi) is 8.47. The van der Waals surface area contributed by atoms with Crippen molar-refractivity contribution in [2.24, 2.45) is 0 Å². The second-order valence-corrected chi connectivity index (χ2v) is 8.14. The maximum atomic E-state index is 12.5. The van der Waals surface area contributed by atoms with Gasteiger partial charge in [-0.05, 0) is 48.9 Å². The summed E-state index contributed by atoms with van der Waals surface area (Å²) in [5.74, 6) is 0.156. The van der Waals surface area contributed by atoms with Gasteiger partial charge in [0.15, 0.2) is 11.0 Å². The number of hydrogen-bond acceptors (Lipinski definition) is 6. The van der Waals surface area contributed by atoms with Gasteiger partial charge in [0.25, 0.3) is 0 Å². The number of thioether (sulfide) groups is 1. The van der Waals surface area contributed by atoms with E-state index in [1.54, 1.807) is 42.5 Å². The van der Waals surface area contributed by atoms with E-state index in [2.05, 4.69) is 22.1 Å². The lowest BCUT2D eigenvalue weighted by Gasteiger charge is -2.09. The number of carbonyl (C=O) groups is 2. The van der Waals surface area contributed by atoms with E-state index in [0.29, 0.717) is 40.4 Å². The van der Waals surface area contributed by atoms with E-state index >= 15 is 0 Å². The number of rotatable bonds is 10. The Hall–Kier alpha value is -3.10. The van der Waals surface area contributed by atoms with Gasteiger partial charge in [-0.15, -0.1) is 16.8 Å². The second kappa shape index (κ2) is 11.5. The monoisotopic (exact) mass is 470 g/mol. The van der Waals surface area contributed by atoms with Gasteiger partial charge in [-0.1, -0.05) is 42.4 Å². The van der Waals surface area contributed by atoms with Crippen LogP contribution in [0.15, 0.2) is 66.3 Å². The Bertz CT molecular complexity index is 1100. The highest BCUT2D eigenvalue weighted by Crippen LogP contribution is 2.25. The van der Waals surface area contributed by atoms with E-state index in [9.17, 15) is 9.59 Å². The molecule has 0 aliphatic rings. The normalized spacial score (nSPS) is 10.6. The molecule has 3 rings (SSSR count). The molecule has 7 nitrogen and oxygen atoms in total. The van der Waals surface area contributed by atoms with E-state index in [1.807, 2.05) is 23.6 Å². The smallest absolute Gasteiger partial charge is 0.338 e. The molecule has 0 aliphatic carbocycles. The molecule has 2 aromatic carbocycles. The summed E-state index contributed by atoms with van der Waals surface area (Å²) < 4.78 is 7.02. The van der Waals surface area contributed by atoms with Crippen LogP contribution in [0.1, 0.15) is 23.7 Å². The van der Waals surface area contributed by atoms with Gasteiger partial charge in [-0.2, -0.15) is 0 Å². The molecule has 0 bridgehead atoms. The van der Waals surface area contributed by atoms with Crippen LogP contribution in [0, 0.1) is 0 Å². The average Bonchev–Trinajstić information content (AvgIpc) is 3.19. The fraction of sp³-hybridized carbons (Fsp3) is 0.217. The fourth-order valence-electron chi connectivity index (χ4n) is 2.83. The van der Waals surface area contributed by atoms with E-state index in [1.165, 1.54) is 11.8 Å². The Morgan fingerprint density at radius 3 is 2.72 bits per heavy atom. The highest BCUT2D eigenvalue weighted by atomic mass is 35.5. The third kappa shape index (κ3) is 6.21. The quantitative estimate of drug-likeness (QED) is 0.252. The van der Waals surface area contributed by atoms with Crippen LogP contribution in [-0.2, 0) is 16.1 Å². The first-order chi connectivity index (χ1) is 15.5. The first kappa shape index (κ1) is 23.6. The number of anilines is 1. The minimum Gasteiger partial charge on any atom is -0.462 e. The van der Waals surface area contributed by atoms with Crippen LogP contribution < -0.4 is 5.32 Å². The number of nitrogens with one attached hydrogen (secondary N) is 1. The van der Waals surface area contributed by atoms with Gasteiger partial charge in [0.05, 0.1) is 17.9 Å². The summed E-state index contributed by atoms with van der Waals surface area (Å²) >= 11 is 7.24. The number of allylic oxidation sites excluding steroid dienone is 1. The van der Waals surface area contributed by atoms with Crippen molar-refractivity contribution in [3.63, 3.8) is 0 Å². The van der Waals surface area contributed by atoms with Crippen molar-refractivity contribution in [1.29, 1.82) is 0 Å². The van der Waals surface area contributed by atoms with Crippen molar-refractivity contribution in [3.05, 3.63) is 71.8 Å². The molecule has 32 heavy (non-hydrogen) atoms. The van der Waals surface area contributed by atoms with Crippen LogP contribution in [0.2, 0.25) is 5.02 Å². The number of hydrogen-bond donors (Lipinski definition) is 1. The summed E-state index contributed by atoms with van der Waals surface area (Å²) in [5, 5.41) is 12.5. The summed E-state index contributed by atoms with van der Waals surface area (Å²) in [5.41, 5.74) is 1.78. The van der Waals surface area contributed by atoms with Gasteiger partial charge in [-0.25, -0.2) is 4.79 Å². The molecule has 0 spiro atoms. The maximum absolute atomic E-state index is 12.5. The van der Waals surface area contributed by atoms with Crippen molar-refractivity contribution in [1.82, 2.24) is 14.8 Å². The highest BCUT2D eigenvalue weighted by molar-refractivity contribution is 7.99. The first-order valence-electron chi connectivity index (χ1n) is 10.0. The molecule has 1 heterocycles. The number of esters is 1. The molecule has 0 fully saturated rings. The number of benzene rings is 2. The minimum absolute atomic E-state index is 0.125. The molecule has 0 unspecified atom stereocenters. The van der Waals surface area contributed by atoms with Crippen LogP contribution >= 0.6 is 23.4 Å². The lowest BCUT2D eigenvalue weighted by atomic mass is 10.2. The summed E-state index contributed by atoms with van der Waals surface area (Å²) in [6.07, 6.45) is 2.49. The van der Waals surface area contributed by atoms with Crippen LogP contribution in [0.3, 0.4) is 0 Å². The van der Waals surface area contributed by atoms with Gasteiger partial charge < -0.3 is 10.1 Å². The van der Waals surface area contributed by atoms with Crippen molar-refractivity contribution in [2.75, 3.05) is 17.7 Å². The topological polar surface area (TPSA) is 86.1 Å². The van der Waals surface area contributed by atoms with Gasteiger partial charge in [0, 0.05) is 22.8 Å². The van der Waals surface area contributed by atoms with Gasteiger partial charge in [0.1, 0.15) is 0 Å². The molecular weight excluding hydrogens is 448 g/mol. The molecule has 166 valence electrons. The van der Waals surface area contributed by atoms with Crippen molar-refractivity contribution >= 4 is 40.9 Å². The predicted octanol–water partition coefficient (Wildman–Crippen LogP) is 5.08. The Labute approximate surface area is 195 Å². The lowest BCUT2D eigenvalue weighted by Crippen LogP contribution is -2.15. The molecule has 0 aliphatic heterocycles. The molecular formula is C23H23ClN4O3S. The minimum atomic E-state index is -0.412. The van der Waals surface area contributed by atoms with E-state index < -0.39 is 5.97 Å². The average molecular weight is 471 g/mol. The highest BCUT2D eigenvalue weighted by Gasteiger charge is 2.15. The number of ether oxygens (including phenoxy) is 1. The van der Waals surface area contributed by atoms with Crippen LogP contribution in [-0.4, -0.2) is 39.0 Å². The fourth-order valence-corrected chi connectivity index (χ4v) is 3.70. The van der Waals surface area contributed by atoms with Gasteiger partial charge in [0.2, 0.25) is 5.91 Å². The lowest BCUT2D eigenvalue weighted by molar-refractivity contribution is -0.113. The zero-order chi connectivity index (χ0) is 22.9. The molecule has 0 saturated carbocycles. The van der Waals surface area contributed by atoms with Crippen LogP contribution in [0.5, 0.6) is 0 Å². The summed E-state index contributed by atoms with van der Waals surface area (Å²) in [6.45, 7) is 6.57. The zero-order valence-corrected chi connectivity index (χ0v) is 19.2. The largest absolute Gasteiger partial charge is 0.462 e. The number of amides is 1. The molecule has 0 saturated heterocycles. The SMILES string of the molecule is C=CCn1c(SCC(=O)Nc2cccc(C(=O)OCCC)c2)nnc1-c1ccc(Cl)cc1. The summed E-state index contributed by atoms with van der Waals surface area (Å²) in [6, 6.07) is 14.0. The standard InChI is InChI=1S/C23H23ClN4O3S/c1-3-12-28-21(16-8-10-18(24)11-9-16)26-27-23(28)32-15-20(29)25-19-7-5-6-17(14-19)22(30)31-13-4-2/h3,5-11,14H,1,4,12-13,15H2,2H3,(H,25,29). The van der Waals surface area contributed by atoms with Crippen molar-refractivity contribution in [3.8, 4) is 11.4 Å². The van der Waals surface area contributed by atoms with Gasteiger partial charge in [-0.3, -0.25) is 9.36 Å². The third-order valence-electron chi connectivity index (χ3n) is 4.28. The predicted molar refractivity (Wildman–Crippen MR) is 127 cm³/mol. The zero-order valence-electron chi connectivity index (χ0n) is 17.6. The van der Waals surface area contributed by atoms with Gasteiger partial charge >= 0.3 is 5.97 Å². The van der Waals surface area contributed by atoms with E-state index in [0.717, 1.165) is 12.0 Å². The second-order valence-electron chi connectivity index (χ2n) is 6.77.